The van der Waals surface area contributed by atoms with Gasteiger partial charge in [-0.1, -0.05) is 6.92 Å². The summed E-state index contributed by atoms with van der Waals surface area (Å²) in [6.45, 7) is 12.3. The summed E-state index contributed by atoms with van der Waals surface area (Å²) in [5.41, 5.74) is 2.34. The molecule has 0 amide bonds. The summed E-state index contributed by atoms with van der Waals surface area (Å²) in [4.78, 5) is 6.95. The zero-order chi connectivity index (χ0) is 19.9. The molecule has 2 heterocycles. The summed E-state index contributed by atoms with van der Waals surface area (Å²) < 4.78 is 11.8. The maximum Gasteiger partial charge on any atom is 0.191 e. The molecule has 0 radical (unpaired) electrons. The molecule has 2 aliphatic heterocycles. The molecule has 0 saturated carbocycles. The number of ether oxygens (including phenoxy) is 2. The van der Waals surface area contributed by atoms with Crippen LogP contribution in [0.5, 0.6) is 11.5 Å². The van der Waals surface area contributed by atoms with Crippen LogP contribution >= 0.6 is 0 Å². The van der Waals surface area contributed by atoms with Crippen LogP contribution in [0.4, 0.5) is 0 Å². The molecular weight excluding hydrogens is 352 g/mol. The van der Waals surface area contributed by atoms with E-state index in [9.17, 15) is 0 Å². The maximum absolute atomic E-state index is 5.92. The van der Waals surface area contributed by atoms with Gasteiger partial charge in [-0.15, -0.1) is 0 Å². The number of fused-ring (bicyclic) bond motifs is 1. The van der Waals surface area contributed by atoms with Crippen LogP contribution in [-0.2, 0) is 13.0 Å². The first-order chi connectivity index (χ1) is 13.6. The van der Waals surface area contributed by atoms with Crippen LogP contribution in [0.2, 0.25) is 0 Å². The van der Waals surface area contributed by atoms with Crippen molar-refractivity contribution in [2.45, 2.75) is 52.7 Å². The van der Waals surface area contributed by atoms with E-state index in [2.05, 4.69) is 46.5 Å². The molecule has 1 aromatic rings. The van der Waals surface area contributed by atoms with E-state index < -0.39 is 0 Å². The van der Waals surface area contributed by atoms with E-state index in [1.54, 1.807) is 0 Å². The van der Waals surface area contributed by atoms with Gasteiger partial charge in [0.05, 0.1) is 6.61 Å². The highest BCUT2D eigenvalue weighted by molar-refractivity contribution is 5.79. The van der Waals surface area contributed by atoms with Gasteiger partial charge in [0.1, 0.15) is 17.6 Å². The van der Waals surface area contributed by atoms with Crippen molar-refractivity contribution in [2.24, 2.45) is 10.9 Å². The number of aliphatic imine (C=N–C) groups is 1. The Bertz CT molecular complexity index is 677. The molecule has 28 heavy (non-hydrogen) atoms. The summed E-state index contributed by atoms with van der Waals surface area (Å²) in [5, 5.41) is 6.93. The fraction of sp³-hybridized carbons (Fsp3) is 0.682. The van der Waals surface area contributed by atoms with Crippen molar-refractivity contribution in [3.8, 4) is 11.5 Å². The molecule has 6 nitrogen and oxygen atoms in total. The Hall–Kier alpha value is -1.95. The van der Waals surface area contributed by atoms with Gasteiger partial charge in [0, 0.05) is 44.2 Å². The van der Waals surface area contributed by atoms with Crippen LogP contribution in [0, 0.1) is 5.92 Å². The summed E-state index contributed by atoms with van der Waals surface area (Å²) >= 11 is 0. The van der Waals surface area contributed by atoms with Gasteiger partial charge in [-0.2, -0.15) is 0 Å². The predicted molar refractivity (Wildman–Crippen MR) is 114 cm³/mol. The Balaban J connectivity index is 1.54. The van der Waals surface area contributed by atoms with Crippen molar-refractivity contribution in [3.63, 3.8) is 0 Å². The van der Waals surface area contributed by atoms with Crippen molar-refractivity contribution < 1.29 is 9.47 Å². The Labute approximate surface area is 169 Å². The van der Waals surface area contributed by atoms with Gasteiger partial charge in [-0.25, -0.2) is 0 Å². The number of benzene rings is 1. The number of guanidine groups is 1. The second-order valence-electron chi connectivity index (χ2n) is 7.90. The van der Waals surface area contributed by atoms with Gasteiger partial charge in [0.25, 0.3) is 0 Å². The average molecular weight is 389 g/mol. The Morgan fingerprint density at radius 3 is 2.93 bits per heavy atom. The quantitative estimate of drug-likeness (QED) is 0.530. The molecule has 0 aromatic heterocycles. The standard InChI is InChI=1S/C22H36N4O2/c1-5-8-26-9-7-17(15-26)13-24-22(23-4)25-14-19-12-21-18(10-16(3)28-21)11-20(19)27-6-2/h11-12,16-17H,5-10,13-15H2,1-4H3,(H2,23,24,25). The van der Waals surface area contributed by atoms with E-state index in [4.69, 9.17) is 9.47 Å². The van der Waals surface area contributed by atoms with E-state index in [-0.39, 0.29) is 6.10 Å². The fourth-order valence-electron chi connectivity index (χ4n) is 4.15. The Morgan fingerprint density at radius 1 is 1.32 bits per heavy atom. The molecule has 2 atom stereocenters. The number of hydrogen-bond donors (Lipinski definition) is 2. The Morgan fingerprint density at radius 2 is 2.18 bits per heavy atom. The van der Waals surface area contributed by atoms with Crippen LogP contribution in [0.3, 0.4) is 0 Å². The lowest BCUT2D eigenvalue weighted by molar-refractivity contribution is 0.254. The highest BCUT2D eigenvalue weighted by Gasteiger charge is 2.23. The van der Waals surface area contributed by atoms with Crippen molar-refractivity contribution in [1.29, 1.82) is 0 Å². The smallest absolute Gasteiger partial charge is 0.191 e. The van der Waals surface area contributed by atoms with Crippen LogP contribution in [0.1, 0.15) is 44.7 Å². The van der Waals surface area contributed by atoms with Crippen LogP contribution in [0.25, 0.3) is 0 Å². The van der Waals surface area contributed by atoms with E-state index >= 15 is 0 Å². The van der Waals surface area contributed by atoms with Crippen molar-refractivity contribution in [3.05, 3.63) is 23.3 Å². The lowest BCUT2D eigenvalue weighted by Crippen LogP contribution is -2.40. The highest BCUT2D eigenvalue weighted by Crippen LogP contribution is 2.35. The lowest BCUT2D eigenvalue weighted by Gasteiger charge is -2.18. The van der Waals surface area contributed by atoms with Crippen LogP contribution < -0.4 is 20.1 Å². The minimum absolute atomic E-state index is 0.237. The number of nitrogens with one attached hydrogen (secondary N) is 2. The zero-order valence-corrected chi connectivity index (χ0v) is 17.9. The van der Waals surface area contributed by atoms with E-state index in [1.165, 1.54) is 38.0 Å². The van der Waals surface area contributed by atoms with Gasteiger partial charge in [-0.05, 0) is 57.8 Å². The molecule has 6 heteroatoms. The SMILES string of the molecule is CCCN1CCC(CNC(=NC)NCc2cc3c(cc2OCC)CC(C)O3)C1. The summed E-state index contributed by atoms with van der Waals surface area (Å²) in [5.74, 6) is 3.45. The van der Waals surface area contributed by atoms with Gasteiger partial charge in [0.15, 0.2) is 5.96 Å². The normalized spacial score (nSPS) is 22.1. The second kappa shape index (κ2) is 10.0. The predicted octanol–water partition coefficient (Wildman–Crippen LogP) is 2.81. The number of nitrogens with zero attached hydrogens (tertiary/aromatic N) is 2. The molecule has 0 aliphatic carbocycles. The minimum atomic E-state index is 0.237. The third kappa shape index (κ3) is 5.31. The highest BCUT2D eigenvalue weighted by atomic mass is 16.5. The molecule has 0 spiro atoms. The van der Waals surface area contributed by atoms with Crippen molar-refractivity contribution in [1.82, 2.24) is 15.5 Å². The lowest BCUT2D eigenvalue weighted by atomic mass is 10.1. The average Bonchev–Trinajstić information content (AvgIpc) is 3.27. The third-order valence-corrected chi connectivity index (χ3v) is 5.52. The molecule has 2 N–H and O–H groups in total. The zero-order valence-electron chi connectivity index (χ0n) is 17.9. The van der Waals surface area contributed by atoms with Gasteiger partial charge < -0.3 is 25.0 Å². The molecule has 0 bridgehead atoms. The second-order valence-corrected chi connectivity index (χ2v) is 7.90. The van der Waals surface area contributed by atoms with Crippen molar-refractivity contribution >= 4 is 5.96 Å². The molecule has 1 saturated heterocycles. The van der Waals surface area contributed by atoms with E-state index in [1.807, 2.05) is 14.0 Å². The number of hydrogen-bond acceptors (Lipinski definition) is 4. The topological polar surface area (TPSA) is 58.1 Å². The molecule has 1 aromatic carbocycles. The van der Waals surface area contributed by atoms with Gasteiger partial charge in [-0.3, -0.25) is 4.99 Å². The summed E-state index contributed by atoms with van der Waals surface area (Å²) in [7, 11) is 1.82. The molecule has 2 unspecified atom stereocenters. The Kier molecular flexibility index (Phi) is 7.43. The number of likely N-dealkylation sites (tertiary alicyclic amines) is 1. The van der Waals surface area contributed by atoms with E-state index in [0.717, 1.165) is 36.0 Å². The summed E-state index contributed by atoms with van der Waals surface area (Å²) in [6, 6.07) is 4.25. The number of rotatable bonds is 8. The van der Waals surface area contributed by atoms with Gasteiger partial charge in [0.2, 0.25) is 0 Å². The minimum Gasteiger partial charge on any atom is -0.494 e. The third-order valence-electron chi connectivity index (χ3n) is 5.52. The monoisotopic (exact) mass is 388 g/mol. The largest absolute Gasteiger partial charge is 0.494 e. The first-order valence-electron chi connectivity index (χ1n) is 10.7. The fourth-order valence-corrected chi connectivity index (χ4v) is 4.15. The first-order valence-corrected chi connectivity index (χ1v) is 10.7. The molecule has 1 fully saturated rings. The first kappa shape index (κ1) is 20.8. The van der Waals surface area contributed by atoms with Crippen LogP contribution in [-0.4, -0.2) is 56.8 Å². The van der Waals surface area contributed by atoms with Crippen molar-refractivity contribution in [2.75, 3.05) is 39.8 Å². The molecule has 2 aliphatic rings. The molecular formula is C22H36N4O2. The van der Waals surface area contributed by atoms with Gasteiger partial charge >= 0.3 is 0 Å². The van der Waals surface area contributed by atoms with E-state index in [0.29, 0.717) is 19.1 Å². The molecule has 156 valence electrons. The van der Waals surface area contributed by atoms with Crippen LogP contribution in [0.15, 0.2) is 17.1 Å². The summed E-state index contributed by atoms with van der Waals surface area (Å²) in [6.07, 6.45) is 3.68. The maximum atomic E-state index is 5.92. The molecule has 3 rings (SSSR count).